The molecule has 1 aliphatic heterocycles. The molecule has 19 heavy (non-hydrogen) atoms. The third kappa shape index (κ3) is 3.26. The summed E-state index contributed by atoms with van der Waals surface area (Å²) in [6, 6.07) is 5.77. The van der Waals surface area contributed by atoms with E-state index >= 15 is 0 Å². The standard InChI is InChI=1S/C13H15FN2O2S/c1-9(18-11-5-3-4-10(14)8-11)12(17)16-7-6-15-13(16)19-2/h3-5,8-9H,6-7H2,1-2H3/t9-/m1/s1. The minimum atomic E-state index is -0.669. The average Bonchev–Trinajstić information content (AvgIpc) is 2.86. The zero-order valence-corrected chi connectivity index (χ0v) is 11.6. The molecule has 0 fully saturated rings. The third-order valence-corrected chi connectivity index (χ3v) is 3.42. The zero-order chi connectivity index (χ0) is 13.8. The maximum atomic E-state index is 13.0. The van der Waals surface area contributed by atoms with E-state index in [9.17, 15) is 9.18 Å². The van der Waals surface area contributed by atoms with E-state index in [2.05, 4.69) is 4.99 Å². The second kappa shape index (κ2) is 6.06. The maximum absolute atomic E-state index is 13.0. The van der Waals surface area contributed by atoms with E-state index in [4.69, 9.17) is 4.74 Å². The van der Waals surface area contributed by atoms with E-state index in [0.717, 1.165) is 0 Å². The van der Waals surface area contributed by atoms with Gasteiger partial charge in [0.2, 0.25) is 0 Å². The van der Waals surface area contributed by atoms with E-state index in [-0.39, 0.29) is 11.7 Å². The number of ether oxygens (including phenoxy) is 1. The molecule has 0 aromatic heterocycles. The predicted octanol–water partition coefficient (Wildman–Crippen LogP) is 2.15. The summed E-state index contributed by atoms with van der Waals surface area (Å²) >= 11 is 1.43. The second-order valence-corrected chi connectivity index (χ2v) is 4.85. The molecule has 0 unspecified atom stereocenters. The van der Waals surface area contributed by atoms with Crippen LogP contribution in [-0.2, 0) is 4.79 Å². The Bertz CT molecular complexity index is 507. The highest BCUT2D eigenvalue weighted by molar-refractivity contribution is 8.13. The van der Waals surface area contributed by atoms with Gasteiger partial charge in [-0.3, -0.25) is 14.7 Å². The smallest absolute Gasteiger partial charge is 0.269 e. The number of aliphatic imine (C=N–C) groups is 1. The van der Waals surface area contributed by atoms with Gasteiger partial charge in [-0.05, 0) is 25.3 Å². The summed E-state index contributed by atoms with van der Waals surface area (Å²) in [6.07, 6.45) is 1.21. The fourth-order valence-corrected chi connectivity index (χ4v) is 2.44. The summed E-state index contributed by atoms with van der Waals surface area (Å²) in [5.41, 5.74) is 0. The predicted molar refractivity (Wildman–Crippen MR) is 74.0 cm³/mol. The highest BCUT2D eigenvalue weighted by Crippen LogP contribution is 2.17. The first-order chi connectivity index (χ1) is 9.11. The van der Waals surface area contributed by atoms with E-state index < -0.39 is 6.10 Å². The van der Waals surface area contributed by atoms with Crippen LogP contribution in [0.1, 0.15) is 6.92 Å². The van der Waals surface area contributed by atoms with Gasteiger partial charge >= 0.3 is 0 Å². The zero-order valence-electron chi connectivity index (χ0n) is 10.8. The van der Waals surface area contributed by atoms with E-state index in [0.29, 0.717) is 24.0 Å². The molecule has 6 heteroatoms. The van der Waals surface area contributed by atoms with Crippen molar-refractivity contribution in [2.45, 2.75) is 13.0 Å². The first-order valence-electron chi connectivity index (χ1n) is 5.94. The molecule has 0 saturated heterocycles. The number of rotatable bonds is 3. The van der Waals surface area contributed by atoms with Crippen molar-refractivity contribution in [1.29, 1.82) is 0 Å². The number of amides is 1. The van der Waals surface area contributed by atoms with Crippen LogP contribution in [0.5, 0.6) is 5.75 Å². The topological polar surface area (TPSA) is 41.9 Å². The van der Waals surface area contributed by atoms with Gasteiger partial charge in [0, 0.05) is 12.6 Å². The number of benzene rings is 1. The van der Waals surface area contributed by atoms with Gasteiger partial charge in [0.25, 0.3) is 5.91 Å². The van der Waals surface area contributed by atoms with Gasteiger partial charge in [-0.1, -0.05) is 17.8 Å². The van der Waals surface area contributed by atoms with Crippen molar-refractivity contribution in [3.63, 3.8) is 0 Å². The monoisotopic (exact) mass is 282 g/mol. The average molecular weight is 282 g/mol. The van der Waals surface area contributed by atoms with Crippen LogP contribution in [0.3, 0.4) is 0 Å². The van der Waals surface area contributed by atoms with Crippen LogP contribution in [0.2, 0.25) is 0 Å². The molecule has 0 spiro atoms. The molecule has 1 heterocycles. The number of carbonyl (C=O) groups is 1. The Morgan fingerprint density at radius 2 is 2.37 bits per heavy atom. The van der Waals surface area contributed by atoms with Gasteiger partial charge in [0.1, 0.15) is 11.6 Å². The van der Waals surface area contributed by atoms with Crippen molar-refractivity contribution < 1.29 is 13.9 Å². The number of amidine groups is 1. The Balaban J connectivity index is 2.02. The van der Waals surface area contributed by atoms with Gasteiger partial charge in [0.15, 0.2) is 11.3 Å². The van der Waals surface area contributed by atoms with Crippen LogP contribution in [0.15, 0.2) is 29.3 Å². The quantitative estimate of drug-likeness (QED) is 0.853. The van der Waals surface area contributed by atoms with E-state index in [1.807, 2.05) is 6.26 Å². The molecule has 1 amide bonds. The van der Waals surface area contributed by atoms with Gasteiger partial charge in [-0.15, -0.1) is 0 Å². The molecule has 102 valence electrons. The van der Waals surface area contributed by atoms with E-state index in [1.165, 1.54) is 23.9 Å². The minimum absolute atomic E-state index is 0.158. The lowest BCUT2D eigenvalue weighted by Crippen LogP contribution is -2.41. The molecule has 4 nitrogen and oxygen atoms in total. The van der Waals surface area contributed by atoms with Crippen molar-refractivity contribution in [3.8, 4) is 5.75 Å². The fourth-order valence-electron chi connectivity index (χ4n) is 1.82. The lowest BCUT2D eigenvalue weighted by atomic mass is 10.3. The molecule has 1 atom stereocenters. The van der Waals surface area contributed by atoms with Crippen molar-refractivity contribution in [2.75, 3.05) is 19.3 Å². The second-order valence-electron chi connectivity index (χ2n) is 4.08. The summed E-state index contributed by atoms with van der Waals surface area (Å²) in [6.45, 7) is 2.85. The summed E-state index contributed by atoms with van der Waals surface area (Å²) in [7, 11) is 0. The van der Waals surface area contributed by atoms with Crippen molar-refractivity contribution in [3.05, 3.63) is 30.1 Å². The number of nitrogens with zero attached hydrogens (tertiary/aromatic N) is 2. The van der Waals surface area contributed by atoms with Gasteiger partial charge in [-0.2, -0.15) is 0 Å². The number of hydrogen-bond donors (Lipinski definition) is 0. The summed E-state index contributed by atoms with van der Waals surface area (Å²) in [5.74, 6) is -0.192. The van der Waals surface area contributed by atoms with E-state index in [1.54, 1.807) is 24.0 Å². The SMILES string of the molecule is CSC1=NCCN1C(=O)[C@@H](C)Oc1cccc(F)c1. The lowest BCUT2D eigenvalue weighted by molar-refractivity contribution is -0.133. The van der Waals surface area contributed by atoms with Gasteiger partial charge in [0.05, 0.1) is 6.54 Å². The Kier molecular flexibility index (Phi) is 4.42. The highest BCUT2D eigenvalue weighted by atomic mass is 32.2. The number of thioether (sulfide) groups is 1. The van der Waals surface area contributed by atoms with Crippen LogP contribution in [0.25, 0.3) is 0 Å². The van der Waals surface area contributed by atoms with Crippen molar-refractivity contribution >= 4 is 22.8 Å². The molecule has 1 aliphatic rings. The number of hydrogen-bond acceptors (Lipinski definition) is 4. The number of carbonyl (C=O) groups excluding carboxylic acids is 1. The molecule has 1 aromatic rings. The summed E-state index contributed by atoms with van der Waals surface area (Å²) in [4.78, 5) is 18.1. The Labute approximate surface area is 115 Å². The first-order valence-corrected chi connectivity index (χ1v) is 7.16. The van der Waals surface area contributed by atoms with Crippen molar-refractivity contribution in [1.82, 2.24) is 4.90 Å². The number of halogens is 1. The normalized spacial score (nSPS) is 16.2. The molecular weight excluding hydrogens is 267 g/mol. The molecule has 0 aliphatic carbocycles. The maximum Gasteiger partial charge on any atom is 0.269 e. The third-order valence-electron chi connectivity index (χ3n) is 2.71. The van der Waals surface area contributed by atoms with Crippen LogP contribution >= 0.6 is 11.8 Å². The Hall–Kier alpha value is -1.56. The van der Waals surface area contributed by atoms with Crippen LogP contribution in [0.4, 0.5) is 4.39 Å². The lowest BCUT2D eigenvalue weighted by Gasteiger charge is -2.21. The molecule has 0 radical (unpaired) electrons. The highest BCUT2D eigenvalue weighted by Gasteiger charge is 2.28. The minimum Gasteiger partial charge on any atom is -0.481 e. The Morgan fingerprint density at radius 3 is 3.05 bits per heavy atom. The molecule has 0 bridgehead atoms. The molecule has 0 N–H and O–H groups in total. The summed E-state index contributed by atoms with van der Waals surface area (Å²) in [5, 5.41) is 0.708. The molecule has 2 rings (SSSR count). The first kappa shape index (κ1) is 13.9. The summed E-state index contributed by atoms with van der Waals surface area (Å²) < 4.78 is 18.5. The Morgan fingerprint density at radius 1 is 1.58 bits per heavy atom. The van der Waals surface area contributed by atoms with Crippen LogP contribution < -0.4 is 4.74 Å². The van der Waals surface area contributed by atoms with Crippen molar-refractivity contribution in [2.24, 2.45) is 4.99 Å². The van der Waals surface area contributed by atoms with Gasteiger partial charge < -0.3 is 4.74 Å². The van der Waals surface area contributed by atoms with Crippen LogP contribution in [0, 0.1) is 5.82 Å². The molecule has 1 aromatic carbocycles. The van der Waals surface area contributed by atoms with Crippen LogP contribution in [-0.4, -0.2) is 41.4 Å². The molecule has 0 saturated carbocycles. The molecular formula is C13H15FN2O2S. The fraction of sp³-hybridized carbons (Fsp3) is 0.385. The van der Waals surface area contributed by atoms with Gasteiger partial charge in [-0.25, -0.2) is 4.39 Å². The largest absolute Gasteiger partial charge is 0.481 e.